The van der Waals surface area contributed by atoms with Crippen molar-refractivity contribution in [1.29, 1.82) is 0 Å². The molecule has 0 radical (unpaired) electrons. The molecular weight excluding hydrogens is 342 g/mol. The van der Waals surface area contributed by atoms with Crippen LogP contribution in [0.1, 0.15) is 19.4 Å². The Morgan fingerprint density at radius 1 is 1.15 bits per heavy atom. The number of fused-ring (bicyclic) bond motifs is 1. The summed E-state index contributed by atoms with van der Waals surface area (Å²) in [7, 11) is 1.48. The molecule has 2 aromatic rings. The molecule has 6 nitrogen and oxygen atoms in total. The second-order valence-electron chi connectivity index (χ2n) is 6.81. The van der Waals surface area contributed by atoms with Gasteiger partial charge in [-0.05, 0) is 56.2 Å². The number of amides is 2. The molecule has 2 aromatic carbocycles. The molecule has 6 heteroatoms. The van der Waals surface area contributed by atoms with Crippen molar-refractivity contribution in [3.63, 3.8) is 0 Å². The van der Waals surface area contributed by atoms with Gasteiger partial charge >= 0.3 is 0 Å². The Balaban J connectivity index is 1.64. The van der Waals surface area contributed by atoms with E-state index in [9.17, 15) is 9.59 Å². The minimum atomic E-state index is -0.368. The minimum Gasteiger partial charge on any atom is -0.375 e. The zero-order valence-electron chi connectivity index (χ0n) is 15.9. The molecule has 1 aliphatic rings. The number of carbonyl (C=O) groups is 2. The molecule has 2 atom stereocenters. The van der Waals surface area contributed by atoms with Gasteiger partial charge in [0.15, 0.2) is 0 Å². The van der Waals surface area contributed by atoms with E-state index in [0.717, 1.165) is 17.8 Å². The molecule has 142 valence electrons. The Morgan fingerprint density at radius 2 is 1.81 bits per heavy atom. The van der Waals surface area contributed by atoms with E-state index in [1.807, 2.05) is 42.2 Å². The van der Waals surface area contributed by atoms with E-state index in [-0.39, 0.29) is 30.5 Å². The van der Waals surface area contributed by atoms with Gasteiger partial charge in [-0.1, -0.05) is 18.2 Å². The van der Waals surface area contributed by atoms with Crippen LogP contribution in [-0.2, 0) is 20.7 Å². The predicted octanol–water partition coefficient (Wildman–Crippen LogP) is 3.05. The van der Waals surface area contributed by atoms with Crippen LogP contribution >= 0.6 is 0 Å². The highest BCUT2D eigenvalue weighted by Gasteiger charge is 2.32. The minimum absolute atomic E-state index is 0.0149. The van der Waals surface area contributed by atoms with Crippen LogP contribution in [0, 0.1) is 0 Å². The third-order valence-electron chi connectivity index (χ3n) is 4.64. The lowest BCUT2D eigenvalue weighted by molar-refractivity contribution is -0.120. The second-order valence-corrected chi connectivity index (χ2v) is 6.81. The summed E-state index contributed by atoms with van der Waals surface area (Å²) in [6.45, 7) is 3.95. The summed E-state index contributed by atoms with van der Waals surface area (Å²) < 4.78 is 4.79. The number of ether oxygens (including phenoxy) is 1. The summed E-state index contributed by atoms with van der Waals surface area (Å²) in [5.74, 6) is -0.159. The smallest absolute Gasteiger partial charge is 0.250 e. The van der Waals surface area contributed by atoms with Gasteiger partial charge in [0, 0.05) is 30.2 Å². The van der Waals surface area contributed by atoms with Crippen molar-refractivity contribution >= 4 is 28.9 Å². The first-order valence-corrected chi connectivity index (χ1v) is 9.06. The molecule has 1 heterocycles. The maximum atomic E-state index is 13.0. The highest BCUT2D eigenvalue weighted by atomic mass is 16.5. The summed E-state index contributed by atoms with van der Waals surface area (Å²) in [5, 5.41) is 5.99. The molecule has 0 bridgehead atoms. The number of methoxy groups -OCH3 is 1. The molecule has 1 aliphatic heterocycles. The van der Waals surface area contributed by atoms with E-state index in [4.69, 9.17) is 4.74 Å². The van der Waals surface area contributed by atoms with E-state index < -0.39 is 0 Å². The second kappa shape index (κ2) is 8.22. The molecule has 2 N–H and O–H groups in total. The summed E-state index contributed by atoms with van der Waals surface area (Å²) in [6.07, 6.45) is 0.879. The molecule has 0 unspecified atom stereocenters. The normalized spacial score (nSPS) is 16.6. The molecule has 0 saturated carbocycles. The molecular formula is C21H25N3O3. The zero-order valence-corrected chi connectivity index (χ0v) is 15.9. The molecule has 0 aromatic heterocycles. The van der Waals surface area contributed by atoms with Gasteiger partial charge in [0.1, 0.15) is 12.6 Å². The highest BCUT2D eigenvalue weighted by molar-refractivity contribution is 6.00. The number of benzene rings is 2. The molecule has 0 fully saturated rings. The Kier molecular flexibility index (Phi) is 5.76. The number of anilines is 3. The molecule has 0 aliphatic carbocycles. The molecule has 3 rings (SSSR count). The van der Waals surface area contributed by atoms with Gasteiger partial charge in [-0.2, -0.15) is 0 Å². The van der Waals surface area contributed by atoms with Crippen molar-refractivity contribution in [1.82, 2.24) is 0 Å². The van der Waals surface area contributed by atoms with Crippen molar-refractivity contribution in [3.05, 3.63) is 54.1 Å². The molecule has 0 saturated heterocycles. The molecule has 27 heavy (non-hydrogen) atoms. The van der Waals surface area contributed by atoms with E-state index in [2.05, 4.69) is 23.6 Å². The van der Waals surface area contributed by atoms with Crippen LogP contribution < -0.4 is 15.5 Å². The maximum absolute atomic E-state index is 13.0. The highest BCUT2D eigenvalue weighted by Crippen LogP contribution is 2.32. The number of hydrogen-bond acceptors (Lipinski definition) is 4. The maximum Gasteiger partial charge on any atom is 0.250 e. The van der Waals surface area contributed by atoms with E-state index in [1.165, 1.54) is 12.7 Å². The van der Waals surface area contributed by atoms with Crippen molar-refractivity contribution in [2.75, 3.05) is 29.3 Å². The standard InChI is InChI=1S/C21H25N3O3/c1-14-12-16-6-4-5-7-19(16)24(14)21(26)15(2)22-17-8-10-18(11-9-17)23-20(25)13-27-3/h4-11,14-15,22H,12-13H2,1-3H3,(H,23,25)/t14-,15+/m1/s1. The van der Waals surface area contributed by atoms with E-state index >= 15 is 0 Å². The van der Waals surface area contributed by atoms with Crippen molar-refractivity contribution in [2.45, 2.75) is 32.4 Å². The van der Waals surface area contributed by atoms with E-state index in [0.29, 0.717) is 5.69 Å². The first-order valence-electron chi connectivity index (χ1n) is 9.06. The third kappa shape index (κ3) is 4.28. The zero-order chi connectivity index (χ0) is 19.4. The van der Waals surface area contributed by atoms with Crippen LogP contribution in [0.25, 0.3) is 0 Å². The van der Waals surface area contributed by atoms with Gasteiger partial charge in [0.25, 0.3) is 0 Å². The summed E-state index contributed by atoms with van der Waals surface area (Å²) in [4.78, 5) is 26.4. The van der Waals surface area contributed by atoms with Gasteiger partial charge in [-0.3, -0.25) is 9.59 Å². The first kappa shape index (κ1) is 18.9. The SMILES string of the molecule is COCC(=O)Nc1ccc(N[C@@H](C)C(=O)N2c3ccccc3C[C@H]2C)cc1. The van der Waals surface area contributed by atoms with E-state index in [1.54, 1.807) is 12.1 Å². The number of para-hydroxylation sites is 1. The third-order valence-corrected chi connectivity index (χ3v) is 4.64. The van der Waals surface area contributed by atoms with Crippen molar-refractivity contribution < 1.29 is 14.3 Å². The summed E-state index contributed by atoms with van der Waals surface area (Å²) in [6, 6.07) is 15.1. The van der Waals surface area contributed by atoms with Gasteiger partial charge in [0.2, 0.25) is 11.8 Å². The number of nitrogens with one attached hydrogen (secondary N) is 2. The van der Waals surface area contributed by atoms with Crippen molar-refractivity contribution in [2.24, 2.45) is 0 Å². The molecule has 2 amide bonds. The summed E-state index contributed by atoms with van der Waals surface area (Å²) in [5.41, 5.74) is 3.71. The average molecular weight is 367 g/mol. The Bertz CT molecular complexity index is 820. The topological polar surface area (TPSA) is 70.7 Å². The van der Waals surface area contributed by atoms with Crippen LogP contribution in [0.3, 0.4) is 0 Å². The van der Waals surface area contributed by atoms with Gasteiger partial charge < -0.3 is 20.3 Å². The number of hydrogen-bond donors (Lipinski definition) is 2. The molecule has 0 spiro atoms. The van der Waals surface area contributed by atoms with Gasteiger partial charge in [-0.15, -0.1) is 0 Å². The number of rotatable bonds is 6. The summed E-state index contributed by atoms with van der Waals surface area (Å²) >= 11 is 0. The number of nitrogens with zero attached hydrogens (tertiary/aromatic N) is 1. The van der Waals surface area contributed by atoms with Crippen LogP contribution in [-0.4, -0.2) is 37.6 Å². The largest absolute Gasteiger partial charge is 0.375 e. The average Bonchev–Trinajstić information content (AvgIpc) is 2.98. The monoisotopic (exact) mass is 367 g/mol. The lowest BCUT2D eigenvalue weighted by Crippen LogP contribution is -2.44. The van der Waals surface area contributed by atoms with Crippen LogP contribution in [0.4, 0.5) is 17.1 Å². The van der Waals surface area contributed by atoms with Gasteiger partial charge in [-0.25, -0.2) is 0 Å². The first-order chi connectivity index (χ1) is 13.0. The van der Waals surface area contributed by atoms with Crippen LogP contribution in [0.2, 0.25) is 0 Å². The number of carbonyl (C=O) groups excluding carboxylic acids is 2. The lowest BCUT2D eigenvalue weighted by atomic mass is 10.1. The van der Waals surface area contributed by atoms with Crippen molar-refractivity contribution in [3.8, 4) is 0 Å². The Morgan fingerprint density at radius 3 is 2.52 bits per heavy atom. The fraction of sp³-hybridized carbons (Fsp3) is 0.333. The lowest BCUT2D eigenvalue weighted by Gasteiger charge is -2.27. The fourth-order valence-electron chi connectivity index (χ4n) is 3.40. The quantitative estimate of drug-likeness (QED) is 0.823. The van der Waals surface area contributed by atoms with Crippen LogP contribution in [0.15, 0.2) is 48.5 Å². The Labute approximate surface area is 159 Å². The van der Waals surface area contributed by atoms with Crippen LogP contribution in [0.5, 0.6) is 0 Å². The fourth-order valence-corrected chi connectivity index (χ4v) is 3.40. The Hall–Kier alpha value is -2.86. The van der Waals surface area contributed by atoms with Gasteiger partial charge in [0.05, 0.1) is 0 Å². The predicted molar refractivity (Wildman–Crippen MR) is 107 cm³/mol.